The summed E-state index contributed by atoms with van der Waals surface area (Å²) in [5.41, 5.74) is 0. The number of rotatable bonds is 5. The van der Waals surface area contributed by atoms with Crippen LogP contribution in [0.3, 0.4) is 0 Å². The molecule has 2 saturated heterocycles. The molecule has 0 aromatic carbocycles. The molecule has 1 amide bonds. The van der Waals surface area contributed by atoms with Crippen LogP contribution in [0.4, 0.5) is 0 Å². The van der Waals surface area contributed by atoms with Crippen molar-refractivity contribution in [2.75, 3.05) is 26.2 Å². The Labute approximate surface area is 114 Å². The van der Waals surface area contributed by atoms with Crippen molar-refractivity contribution in [1.29, 1.82) is 0 Å². The molecule has 5 heteroatoms. The van der Waals surface area contributed by atoms with E-state index in [9.17, 15) is 9.59 Å². The lowest BCUT2D eigenvalue weighted by Crippen LogP contribution is -2.39. The smallest absolute Gasteiger partial charge is 0.308 e. The average molecular weight is 268 g/mol. The molecule has 2 atom stereocenters. The molecule has 2 unspecified atom stereocenters. The summed E-state index contributed by atoms with van der Waals surface area (Å²) in [5.74, 6) is -0.630. The Morgan fingerprint density at radius 3 is 2.74 bits per heavy atom. The zero-order valence-electron chi connectivity index (χ0n) is 11.8. The van der Waals surface area contributed by atoms with Gasteiger partial charge in [0.25, 0.3) is 0 Å². The maximum Gasteiger partial charge on any atom is 0.308 e. The second-order valence-corrected chi connectivity index (χ2v) is 6.21. The fraction of sp³-hybridized carbons (Fsp3) is 0.857. The molecule has 0 bridgehead atoms. The first kappa shape index (κ1) is 14.3. The minimum Gasteiger partial charge on any atom is -0.481 e. The van der Waals surface area contributed by atoms with Crippen LogP contribution in [-0.4, -0.2) is 59.0 Å². The highest BCUT2D eigenvalue weighted by molar-refractivity contribution is 5.86. The SMILES string of the molecule is CC(C)CCN1CCC(N2CC(C(=O)O)CC2=O)C1. The van der Waals surface area contributed by atoms with E-state index in [4.69, 9.17) is 5.11 Å². The maximum atomic E-state index is 11.9. The quantitative estimate of drug-likeness (QED) is 0.809. The van der Waals surface area contributed by atoms with Crippen molar-refractivity contribution in [3.8, 4) is 0 Å². The van der Waals surface area contributed by atoms with Crippen molar-refractivity contribution in [1.82, 2.24) is 9.80 Å². The number of likely N-dealkylation sites (tertiary alicyclic amines) is 2. The molecule has 19 heavy (non-hydrogen) atoms. The topological polar surface area (TPSA) is 60.9 Å². The first-order valence-electron chi connectivity index (χ1n) is 7.22. The number of hydrogen-bond donors (Lipinski definition) is 1. The van der Waals surface area contributed by atoms with Crippen LogP contribution < -0.4 is 0 Å². The van der Waals surface area contributed by atoms with Crippen LogP contribution in [0.5, 0.6) is 0 Å². The van der Waals surface area contributed by atoms with Gasteiger partial charge in [-0.25, -0.2) is 0 Å². The van der Waals surface area contributed by atoms with Crippen LogP contribution >= 0.6 is 0 Å². The lowest BCUT2D eigenvalue weighted by Gasteiger charge is -2.24. The molecule has 0 spiro atoms. The van der Waals surface area contributed by atoms with Gasteiger partial charge < -0.3 is 14.9 Å². The van der Waals surface area contributed by atoms with Gasteiger partial charge in [0.2, 0.25) is 5.91 Å². The highest BCUT2D eigenvalue weighted by Crippen LogP contribution is 2.25. The molecular weight excluding hydrogens is 244 g/mol. The third-order valence-electron chi connectivity index (χ3n) is 4.22. The fourth-order valence-electron chi connectivity index (χ4n) is 2.96. The van der Waals surface area contributed by atoms with Gasteiger partial charge in [0.15, 0.2) is 0 Å². The number of carbonyl (C=O) groups is 2. The molecule has 5 nitrogen and oxygen atoms in total. The van der Waals surface area contributed by atoms with Gasteiger partial charge in [0.05, 0.1) is 5.92 Å². The van der Waals surface area contributed by atoms with E-state index in [2.05, 4.69) is 18.7 Å². The van der Waals surface area contributed by atoms with E-state index >= 15 is 0 Å². The molecular formula is C14H24N2O3. The zero-order chi connectivity index (χ0) is 14.0. The van der Waals surface area contributed by atoms with Gasteiger partial charge in [-0.2, -0.15) is 0 Å². The number of carbonyl (C=O) groups excluding carboxylic acids is 1. The van der Waals surface area contributed by atoms with Gasteiger partial charge in [-0.1, -0.05) is 13.8 Å². The van der Waals surface area contributed by atoms with Gasteiger partial charge in [-0.3, -0.25) is 9.59 Å². The summed E-state index contributed by atoms with van der Waals surface area (Å²) in [6.45, 7) is 7.85. The first-order valence-corrected chi connectivity index (χ1v) is 7.22. The van der Waals surface area contributed by atoms with E-state index in [0.29, 0.717) is 12.5 Å². The maximum absolute atomic E-state index is 11.9. The second-order valence-electron chi connectivity index (χ2n) is 6.21. The van der Waals surface area contributed by atoms with Crippen LogP contribution in [0.1, 0.15) is 33.1 Å². The molecule has 0 saturated carbocycles. The summed E-state index contributed by atoms with van der Waals surface area (Å²) < 4.78 is 0. The van der Waals surface area contributed by atoms with Crippen molar-refractivity contribution in [3.63, 3.8) is 0 Å². The lowest BCUT2D eigenvalue weighted by atomic mass is 10.1. The average Bonchev–Trinajstić information content (AvgIpc) is 2.92. The van der Waals surface area contributed by atoms with Crippen LogP contribution in [0.25, 0.3) is 0 Å². The largest absolute Gasteiger partial charge is 0.481 e. The van der Waals surface area contributed by atoms with Crippen molar-refractivity contribution in [3.05, 3.63) is 0 Å². The predicted octanol–water partition coefficient (Wildman–Crippen LogP) is 1.04. The Morgan fingerprint density at radius 2 is 2.16 bits per heavy atom. The van der Waals surface area contributed by atoms with Crippen molar-refractivity contribution in [2.24, 2.45) is 11.8 Å². The summed E-state index contributed by atoms with van der Waals surface area (Å²) in [5, 5.41) is 9.00. The zero-order valence-corrected chi connectivity index (χ0v) is 11.8. The van der Waals surface area contributed by atoms with Crippen LogP contribution in [0, 0.1) is 11.8 Å². The van der Waals surface area contributed by atoms with Crippen molar-refractivity contribution in [2.45, 2.75) is 39.2 Å². The van der Waals surface area contributed by atoms with Crippen molar-refractivity contribution >= 4 is 11.9 Å². The van der Waals surface area contributed by atoms with E-state index in [1.165, 1.54) is 6.42 Å². The van der Waals surface area contributed by atoms with Gasteiger partial charge in [0.1, 0.15) is 0 Å². The Bertz CT molecular complexity index is 357. The van der Waals surface area contributed by atoms with Gasteiger partial charge in [0, 0.05) is 32.1 Å². The molecule has 108 valence electrons. The highest BCUT2D eigenvalue weighted by atomic mass is 16.4. The summed E-state index contributed by atoms with van der Waals surface area (Å²) in [6.07, 6.45) is 2.34. The highest BCUT2D eigenvalue weighted by Gasteiger charge is 2.39. The molecule has 2 rings (SSSR count). The molecule has 0 aromatic rings. The molecule has 2 heterocycles. The van der Waals surface area contributed by atoms with E-state index in [0.717, 1.165) is 26.1 Å². The third-order valence-corrected chi connectivity index (χ3v) is 4.22. The molecule has 0 aromatic heterocycles. The molecule has 0 radical (unpaired) electrons. The predicted molar refractivity (Wildman–Crippen MR) is 71.8 cm³/mol. The van der Waals surface area contributed by atoms with Crippen LogP contribution in [-0.2, 0) is 9.59 Å². The summed E-state index contributed by atoms with van der Waals surface area (Å²) in [6, 6.07) is 0.226. The van der Waals surface area contributed by atoms with Crippen LogP contribution in [0.15, 0.2) is 0 Å². The van der Waals surface area contributed by atoms with E-state index < -0.39 is 11.9 Å². The lowest BCUT2D eigenvalue weighted by molar-refractivity contribution is -0.141. The number of hydrogen-bond acceptors (Lipinski definition) is 3. The summed E-state index contributed by atoms with van der Waals surface area (Å²) in [4.78, 5) is 27.0. The molecule has 2 fully saturated rings. The van der Waals surface area contributed by atoms with Gasteiger partial charge in [-0.05, 0) is 25.3 Å². The summed E-state index contributed by atoms with van der Waals surface area (Å²) >= 11 is 0. The minimum absolute atomic E-state index is 0.0168. The van der Waals surface area contributed by atoms with Crippen LogP contribution in [0.2, 0.25) is 0 Å². The van der Waals surface area contributed by atoms with E-state index in [1.807, 2.05) is 0 Å². The second kappa shape index (κ2) is 5.90. The number of amides is 1. The number of carboxylic acids is 1. The molecule has 2 aliphatic heterocycles. The Balaban J connectivity index is 1.84. The van der Waals surface area contributed by atoms with Gasteiger partial charge in [-0.15, -0.1) is 0 Å². The fourth-order valence-corrected chi connectivity index (χ4v) is 2.96. The van der Waals surface area contributed by atoms with Crippen molar-refractivity contribution < 1.29 is 14.7 Å². The van der Waals surface area contributed by atoms with E-state index in [1.54, 1.807) is 4.90 Å². The third kappa shape index (κ3) is 3.47. The Morgan fingerprint density at radius 1 is 1.42 bits per heavy atom. The monoisotopic (exact) mass is 268 g/mol. The number of aliphatic carboxylic acids is 1. The molecule has 1 N–H and O–H groups in total. The van der Waals surface area contributed by atoms with E-state index in [-0.39, 0.29) is 18.4 Å². The number of carboxylic acid groups (broad SMARTS) is 1. The Kier molecular flexibility index (Phi) is 4.45. The molecule has 2 aliphatic rings. The number of nitrogens with zero attached hydrogens (tertiary/aromatic N) is 2. The Hall–Kier alpha value is -1.10. The normalized spacial score (nSPS) is 28.6. The molecule has 0 aliphatic carbocycles. The standard InChI is InChI=1S/C14H24N2O3/c1-10(2)3-5-15-6-4-12(9-15)16-8-11(14(18)19)7-13(16)17/h10-12H,3-9H2,1-2H3,(H,18,19). The summed E-state index contributed by atoms with van der Waals surface area (Å²) in [7, 11) is 0. The minimum atomic E-state index is -0.842. The van der Waals surface area contributed by atoms with Gasteiger partial charge >= 0.3 is 5.97 Å². The first-order chi connectivity index (χ1) is 8.97.